The molecular formula is C15H21ClN2O2S. The van der Waals surface area contributed by atoms with E-state index < -0.39 is 16.0 Å². The van der Waals surface area contributed by atoms with Crippen LogP contribution in [0.15, 0.2) is 23.1 Å². The first kappa shape index (κ1) is 16.3. The molecule has 2 atom stereocenters. The first-order valence-electron chi connectivity index (χ1n) is 7.25. The highest BCUT2D eigenvalue weighted by molar-refractivity contribution is 7.86. The largest absolute Gasteiger partial charge is 0.398 e. The van der Waals surface area contributed by atoms with Gasteiger partial charge in [-0.3, -0.25) is 9.00 Å². The number of nitrogen functional groups attached to an aromatic ring is 1. The van der Waals surface area contributed by atoms with Gasteiger partial charge in [-0.15, -0.1) is 0 Å². The van der Waals surface area contributed by atoms with Gasteiger partial charge in [0.15, 0.2) is 0 Å². The number of carbonyl (C=O) groups excluding carboxylic acids is 1. The molecule has 0 aromatic heterocycles. The number of hydrogen-bond acceptors (Lipinski definition) is 3. The molecule has 21 heavy (non-hydrogen) atoms. The highest BCUT2D eigenvalue weighted by Crippen LogP contribution is 2.23. The molecule has 1 aliphatic carbocycles. The Bertz CT molecular complexity index is 544. The number of anilines is 1. The SMILES string of the molecule is CC(C(=O)NC1CCCCC1)S(=O)c1ccc(N)c(Cl)c1. The number of halogens is 1. The first-order valence-corrected chi connectivity index (χ1v) is 8.84. The second kappa shape index (κ2) is 7.27. The Labute approximate surface area is 132 Å². The summed E-state index contributed by atoms with van der Waals surface area (Å²) < 4.78 is 12.4. The Balaban J connectivity index is 2.00. The van der Waals surface area contributed by atoms with E-state index in [0.29, 0.717) is 15.6 Å². The fourth-order valence-electron chi connectivity index (χ4n) is 2.50. The van der Waals surface area contributed by atoms with Gasteiger partial charge in [0.2, 0.25) is 5.91 Å². The number of nitrogens with two attached hydrogens (primary N) is 1. The molecule has 4 nitrogen and oxygen atoms in total. The minimum absolute atomic E-state index is 0.159. The van der Waals surface area contributed by atoms with Gasteiger partial charge in [-0.2, -0.15) is 0 Å². The summed E-state index contributed by atoms with van der Waals surface area (Å²) in [6.07, 6.45) is 5.56. The molecule has 0 spiro atoms. The summed E-state index contributed by atoms with van der Waals surface area (Å²) in [6, 6.07) is 5.06. The normalized spacial score (nSPS) is 19.0. The number of carbonyl (C=O) groups is 1. The van der Waals surface area contributed by atoms with Crippen molar-refractivity contribution in [2.45, 2.75) is 55.2 Å². The quantitative estimate of drug-likeness (QED) is 0.835. The van der Waals surface area contributed by atoms with Crippen LogP contribution in [0.1, 0.15) is 39.0 Å². The zero-order valence-electron chi connectivity index (χ0n) is 12.1. The maximum atomic E-state index is 12.4. The maximum absolute atomic E-state index is 12.4. The molecular weight excluding hydrogens is 308 g/mol. The van der Waals surface area contributed by atoms with E-state index in [1.165, 1.54) is 6.42 Å². The Kier molecular flexibility index (Phi) is 5.65. The summed E-state index contributed by atoms with van der Waals surface area (Å²) in [6.45, 7) is 1.68. The van der Waals surface area contributed by atoms with Crippen LogP contribution in [0.3, 0.4) is 0 Å². The summed E-state index contributed by atoms with van der Waals surface area (Å²) in [5.74, 6) is -0.159. The Morgan fingerprint density at radius 3 is 2.67 bits per heavy atom. The molecule has 0 saturated heterocycles. The van der Waals surface area contributed by atoms with Crippen LogP contribution in [0, 0.1) is 0 Å². The Morgan fingerprint density at radius 2 is 2.05 bits per heavy atom. The molecule has 0 bridgehead atoms. The lowest BCUT2D eigenvalue weighted by Gasteiger charge is -2.24. The fourth-order valence-corrected chi connectivity index (χ4v) is 3.85. The van der Waals surface area contributed by atoms with Gasteiger partial charge < -0.3 is 11.1 Å². The second-order valence-electron chi connectivity index (χ2n) is 5.47. The molecule has 2 unspecified atom stereocenters. The number of nitrogens with one attached hydrogen (secondary N) is 1. The van der Waals surface area contributed by atoms with Gasteiger partial charge in [0.05, 0.1) is 21.5 Å². The molecule has 1 amide bonds. The minimum atomic E-state index is -1.43. The van der Waals surface area contributed by atoms with Gasteiger partial charge in [-0.25, -0.2) is 0 Å². The highest BCUT2D eigenvalue weighted by Gasteiger charge is 2.24. The third-order valence-electron chi connectivity index (χ3n) is 3.85. The third-order valence-corrected chi connectivity index (χ3v) is 5.75. The van der Waals surface area contributed by atoms with E-state index in [9.17, 15) is 9.00 Å². The zero-order chi connectivity index (χ0) is 15.4. The predicted molar refractivity (Wildman–Crippen MR) is 86.8 cm³/mol. The van der Waals surface area contributed by atoms with Crippen molar-refractivity contribution in [3.8, 4) is 0 Å². The van der Waals surface area contributed by atoms with E-state index in [0.717, 1.165) is 25.7 Å². The standard InChI is InChI=1S/C15H21ClN2O2S/c1-10(15(19)18-11-5-3-2-4-6-11)21(20)12-7-8-14(17)13(16)9-12/h7-11H,2-6,17H2,1H3,(H,18,19). The smallest absolute Gasteiger partial charge is 0.236 e. The molecule has 0 radical (unpaired) electrons. The number of amides is 1. The maximum Gasteiger partial charge on any atom is 0.236 e. The van der Waals surface area contributed by atoms with Crippen molar-refractivity contribution in [3.63, 3.8) is 0 Å². The van der Waals surface area contributed by atoms with Crippen LogP contribution in [0.25, 0.3) is 0 Å². The van der Waals surface area contributed by atoms with E-state index in [4.69, 9.17) is 17.3 Å². The monoisotopic (exact) mass is 328 g/mol. The third kappa shape index (κ3) is 4.20. The van der Waals surface area contributed by atoms with Crippen molar-refractivity contribution in [3.05, 3.63) is 23.2 Å². The lowest BCUT2D eigenvalue weighted by Crippen LogP contribution is -2.42. The van der Waals surface area contributed by atoms with Crippen molar-refractivity contribution >= 4 is 34.0 Å². The summed E-state index contributed by atoms with van der Waals surface area (Å²) in [5, 5.41) is 2.76. The van der Waals surface area contributed by atoms with Gasteiger partial charge in [-0.05, 0) is 38.0 Å². The Hall–Kier alpha value is -1.07. The van der Waals surface area contributed by atoms with Gasteiger partial charge in [0, 0.05) is 10.9 Å². The van der Waals surface area contributed by atoms with E-state index >= 15 is 0 Å². The van der Waals surface area contributed by atoms with E-state index in [-0.39, 0.29) is 11.9 Å². The highest BCUT2D eigenvalue weighted by atomic mass is 35.5. The zero-order valence-corrected chi connectivity index (χ0v) is 13.7. The van der Waals surface area contributed by atoms with Gasteiger partial charge in [0.1, 0.15) is 5.25 Å². The lowest BCUT2D eigenvalue weighted by molar-refractivity contribution is -0.121. The molecule has 1 fully saturated rings. The van der Waals surface area contributed by atoms with Crippen LogP contribution in [0.2, 0.25) is 5.02 Å². The van der Waals surface area contributed by atoms with Gasteiger partial charge in [0.25, 0.3) is 0 Å². The molecule has 2 rings (SSSR count). The van der Waals surface area contributed by atoms with Crippen LogP contribution in [0.4, 0.5) is 5.69 Å². The fraction of sp³-hybridized carbons (Fsp3) is 0.533. The van der Waals surface area contributed by atoms with Crippen LogP contribution >= 0.6 is 11.6 Å². The van der Waals surface area contributed by atoms with E-state index in [1.807, 2.05) is 0 Å². The summed E-state index contributed by atoms with van der Waals surface area (Å²) in [5.41, 5.74) is 6.08. The molecule has 1 aliphatic rings. The Morgan fingerprint density at radius 1 is 1.38 bits per heavy atom. The molecule has 1 saturated carbocycles. The number of hydrogen-bond donors (Lipinski definition) is 2. The summed E-state index contributed by atoms with van der Waals surface area (Å²) >= 11 is 5.94. The van der Waals surface area contributed by atoms with Crippen LogP contribution in [-0.2, 0) is 15.6 Å². The van der Waals surface area contributed by atoms with Crippen LogP contribution < -0.4 is 11.1 Å². The lowest BCUT2D eigenvalue weighted by atomic mass is 9.95. The number of rotatable bonds is 4. The van der Waals surface area contributed by atoms with E-state index in [1.54, 1.807) is 25.1 Å². The topological polar surface area (TPSA) is 72.2 Å². The van der Waals surface area contributed by atoms with Crippen molar-refractivity contribution in [1.82, 2.24) is 5.32 Å². The average molecular weight is 329 g/mol. The molecule has 6 heteroatoms. The van der Waals surface area contributed by atoms with Crippen molar-refractivity contribution < 1.29 is 9.00 Å². The number of benzene rings is 1. The predicted octanol–water partition coefficient (Wildman–Crippen LogP) is 2.87. The van der Waals surface area contributed by atoms with Crippen molar-refractivity contribution in [2.24, 2.45) is 0 Å². The minimum Gasteiger partial charge on any atom is -0.398 e. The molecule has 0 heterocycles. The molecule has 116 valence electrons. The summed E-state index contributed by atoms with van der Waals surface area (Å²) in [7, 11) is -1.43. The molecule has 1 aromatic rings. The van der Waals surface area contributed by atoms with E-state index in [2.05, 4.69) is 5.32 Å². The second-order valence-corrected chi connectivity index (χ2v) is 7.65. The van der Waals surface area contributed by atoms with Crippen LogP contribution in [0.5, 0.6) is 0 Å². The molecule has 1 aromatic carbocycles. The first-order chi connectivity index (χ1) is 9.99. The molecule has 3 N–H and O–H groups in total. The summed E-state index contributed by atoms with van der Waals surface area (Å²) in [4.78, 5) is 12.7. The molecule has 0 aliphatic heterocycles. The van der Waals surface area contributed by atoms with Gasteiger partial charge in [-0.1, -0.05) is 30.9 Å². The van der Waals surface area contributed by atoms with Gasteiger partial charge >= 0.3 is 0 Å². The van der Waals surface area contributed by atoms with Crippen molar-refractivity contribution in [2.75, 3.05) is 5.73 Å². The average Bonchev–Trinajstić information content (AvgIpc) is 2.49. The van der Waals surface area contributed by atoms with Crippen molar-refractivity contribution in [1.29, 1.82) is 0 Å². The van der Waals surface area contributed by atoms with Crippen LogP contribution in [-0.4, -0.2) is 21.4 Å².